The van der Waals surface area contributed by atoms with Crippen molar-refractivity contribution in [2.24, 2.45) is 0 Å². The summed E-state index contributed by atoms with van der Waals surface area (Å²) in [6.45, 7) is 0.0266. The molecule has 10 heteroatoms. The SMILES string of the molecule is COC(=O)c1cccc(Cn2cc(/C=C3\NC(=O)N(CC(=O)Nc4ccc(OC)cc4)C3=O)c3ccccc32)c1. The van der Waals surface area contributed by atoms with Gasteiger partial charge in [0.2, 0.25) is 5.91 Å². The van der Waals surface area contributed by atoms with Crippen molar-refractivity contribution in [3.05, 3.63) is 101 Å². The van der Waals surface area contributed by atoms with Crippen LogP contribution in [0.2, 0.25) is 0 Å². The molecule has 0 atom stereocenters. The van der Waals surface area contributed by atoms with Gasteiger partial charge in [0.1, 0.15) is 18.0 Å². The van der Waals surface area contributed by atoms with Crippen LogP contribution in [0.15, 0.2) is 84.7 Å². The van der Waals surface area contributed by atoms with E-state index in [2.05, 4.69) is 10.6 Å². The van der Waals surface area contributed by atoms with E-state index in [1.807, 2.05) is 41.1 Å². The van der Waals surface area contributed by atoms with Gasteiger partial charge >= 0.3 is 12.0 Å². The minimum Gasteiger partial charge on any atom is -0.497 e. The first kappa shape index (κ1) is 26.2. The van der Waals surface area contributed by atoms with Crippen LogP contribution in [-0.2, 0) is 20.9 Å². The number of hydrogen-bond donors (Lipinski definition) is 2. The number of carbonyl (C=O) groups excluding carboxylic acids is 4. The van der Waals surface area contributed by atoms with Crippen molar-refractivity contribution in [1.29, 1.82) is 0 Å². The molecule has 1 aliphatic rings. The molecule has 2 N–H and O–H groups in total. The summed E-state index contributed by atoms with van der Waals surface area (Å²) in [7, 11) is 2.88. The smallest absolute Gasteiger partial charge is 0.337 e. The highest BCUT2D eigenvalue weighted by molar-refractivity contribution is 6.16. The number of hydrogen-bond acceptors (Lipinski definition) is 6. The summed E-state index contributed by atoms with van der Waals surface area (Å²) >= 11 is 0. The van der Waals surface area contributed by atoms with E-state index in [0.717, 1.165) is 21.4 Å². The summed E-state index contributed by atoms with van der Waals surface area (Å²) in [5.74, 6) is -0.890. The molecule has 0 unspecified atom stereocenters. The number of benzene rings is 3. The third kappa shape index (κ3) is 5.41. The van der Waals surface area contributed by atoms with E-state index in [1.165, 1.54) is 7.11 Å². The number of ether oxygens (including phenoxy) is 2. The van der Waals surface area contributed by atoms with E-state index in [-0.39, 0.29) is 5.70 Å². The maximum atomic E-state index is 13.1. The van der Waals surface area contributed by atoms with Crippen LogP contribution in [0.25, 0.3) is 17.0 Å². The molecular weight excluding hydrogens is 512 g/mol. The molecule has 40 heavy (non-hydrogen) atoms. The quantitative estimate of drug-likeness (QED) is 0.199. The molecule has 0 radical (unpaired) electrons. The molecule has 0 saturated carbocycles. The van der Waals surface area contributed by atoms with Gasteiger partial charge in [-0.1, -0.05) is 30.3 Å². The summed E-state index contributed by atoms with van der Waals surface area (Å²) in [5.41, 5.74) is 3.55. The van der Waals surface area contributed by atoms with E-state index in [0.29, 0.717) is 29.1 Å². The lowest BCUT2D eigenvalue weighted by Gasteiger charge is -2.12. The van der Waals surface area contributed by atoms with Crippen molar-refractivity contribution >= 4 is 46.5 Å². The first-order valence-electron chi connectivity index (χ1n) is 12.4. The molecular formula is C30H26N4O6. The van der Waals surface area contributed by atoms with Crippen LogP contribution in [0.4, 0.5) is 10.5 Å². The second-order valence-electron chi connectivity index (χ2n) is 9.08. The summed E-state index contributed by atoms with van der Waals surface area (Å²) in [6, 6.07) is 20.9. The molecule has 1 fully saturated rings. The van der Waals surface area contributed by atoms with Crippen molar-refractivity contribution in [3.63, 3.8) is 0 Å². The number of imide groups is 1. The van der Waals surface area contributed by atoms with Crippen LogP contribution in [0.3, 0.4) is 0 Å². The number of nitrogens with one attached hydrogen (secondary N) is 2. The number of fused-ring (bicyclic) bond motifs is 1. The van der Waals surface area contributed by atoms with Crippen LogP contribution >= 0.6 is 0 Å². The highest BCUT2D eigenvalue weighted by atomic mass is 16.5. The van der Waals surface area contributed by atoms with Gasteiger partial charge < -0.3 is 24.7 Å². The van der Waals surface area contributed by atoms with Crippen molar-refractivity contribution in [3.8, 4) is 5.75 Å². The first-order chi connectivity index (χ1) is 19.4. The second-order valence-corrected chi connectivity index (χ2v) is 9.08. The van der Waals surface area contributed by atoms with Crippen molar-refractivity contribution in [2.45, 2.75) is 6.54 Å². The van der Waals surface area contributed by atoms with Gasteiger partial charge in [0, 0.05) is 34.9 Å². The Morgan fingerprint density at radius 2 is 1.75 bits per heavy atom. The largest absolute Gasteiger partial charge is 0.497 e. The first-order valence-corrected chi connectivity index (χ1v) is 12.4. The molecule has 2 heterocycles. The highest BCUT2D eigenvalue weighted by Crippen LogP contribution is 2.26. The topological polar surface area (TPSA) is 119 Å². The van der Waals surface area contributed by atoms with Crippen LogP contribution in [0, 0.1) is 0 Å². The molecule has 3 aromatic carbocycles. The van der Waals surface area contributed by atoms with E-state index >= 15 is 0 Å². The monoisotopic (exact) mass is 538 g/mol. The molecule has 1 saturated heterocycles. The number of para-hydroxylation sites is 1. The zero-order valence-corrected chi connectivity index (χ0v) is 21.8. The number of amides is 4. The van der Waals surface area contributed by atoms with Gasteiger partial charge in [0.05, 0.1) is 19.8 Å². The number of urea groups is 1. The van der Waals surface area contributed by atoms with Gasteiger partial charge in [-0.3, -0.25) is 9.59 Å². The van der Waals surface area contributed by atoms with Crippen LogP contribution in [0.1, 0.15) is 21.5 Å². The lowest BCUT2D eigenvalue weighted by Crippen LogP contribution is -2.38. The number of anilines is 1. The summed E-state index contributed by atoms with van der Waals surface area (Å²) in [4.78, 5) is 51.0. The lowest BCUT2D eigenvalue weighted by atomic mass is 10.1. The molecule has 202 valence electrons. The molecule has 0 spiro atoms. The predicted octanol–water partition coefficient (Wildman–Crippen LogP) is 4.02. The third-order valence-corrected chi connectivity index (χ3v) is 6.46. The van der Waals surface area contributed by atoms with Crippen molar-refractivity contribution in [1.82, 2.24) is 14.8 Å². The van der Waals surface area contributed by atoms with Gasteiger partial charge in [-0.25, -0.2) is 14.5 Å². The zero-order valence-electron chi connectivity index (χ0n) is 21.8. The number of rotatable bonds is 8. The van der Waals surface area contributed by atoms with Crippen LogP contribution in [-0.4, -0.2) is 54.0 Å². The molecule has 4 amide bonds. The van der Waals surface area contributed by atoms with E-state index in [1.54, 1.807) is 55.7 Å². The van der Waals surface area contributed by atoms with Gasteiger partial charge in [-0.2, -0.15) is 0 Å². The summed E-state index contributed by atoms with van der Waals surface area (Å²) in [5, 5.41) is 6.12. The number of esters is 1. The zero-order chi connectivity index (χ0) is 28.2. The molecule has 0 bridgehead atoms. The summed E-state index contributed by atoms with van der Waals surface area (Å²) in [6.07, 6.45) is 3.48. The Morgan fingerprint density at radius 3 is 2.50 bits per heavy atom. The van der Waals surface area contributed by atoms with Gasteiger partial charge in [-0.15, -0.1) is 0 Å². The molecule has 1 aromatic heterocycles. The Bertz CT molecular complexity index is 1650. The Balaban J connectivity index is 1.35. The lowest BCUT2D eigenvalue weighted by molar-refractivity contribution is -0.127. The standard InChI is InChI=1S/C30H26N4O6/c1-39-23-12-10-22(11-13-23)31-27(35)18-34-28(36)25(32-30(34)38)15-21-17-33(26-9-4-3-8-24(21)26)16-19-6-5-7-20(14-19)29(37)40-2/h3-15,17H,16,18H2,1-2H3,(H,31,35)(H,32,38)/b25-15-. The molecule has 10 nitrogen and oxygen atoms in total. The fraction of sp³-hybridized carbons (Fsp3) is 0.133. The number of nitrogens with zero attached hydrogens (tertiary/aromatic N) is 2. The maximum absolute atomic E-state index is 13.1. The third-order valence-electron chi connectivity index (χ3n) is 6.46. The minimum absolute atomic E-state index is 0.0674. The fourth-order valence-electron chi connectivity index (χ4n) is 4.52. The van der Waals surface area contributed by atoms with E-state index in [9.17, 15) is 19.2 Å². The van der Waals surface area contributed by atoms with Gasteiger partial charge in [0.15, 0.2) is 0 Å². The average molecular weight is 539 g/mol. The normalized spacial score (nSPS) is 13.9. The number of methoxy groups -OCH3 is 2. The van der Waals surface area contributed by atoms with Gasteiger partial charge in [-0.05, 0) is 54.1 Å². The molecule has 5 rings (SSSR count). The van der Waals surface area contributed by atoms with Crippen LogP contribution in [0.5, 0.6) is 5.75 Å². The van der Waals surface area contributed by atoms with E-state index in [4.69, 9.17) is 9.47 Å². The Morgan fingerprint density at radius 1 is 0.975 bits per heavy atom. The highest BCUT2D eigenvalue weighted by Gasteiger charge is 2.35. The van der Waals surface area contributed by atoms with Crippen molar-refractivity contribution in [2.75, 3.05) is 26.1 Å². The Hall–Kier alpha value is -5.38. The molecule has 1 aliphatic heterocycles. The average Bonchev–Trinajstić information content (AvgIpc) is 3.44. The minimum atomic E-state index is -0.676. The summed E-state index contributed by atoms with van der Waals surface area (Å²) < 4.78 is 11.9. The molecule has 0 aliphatic carbocycles. The predicted molar refractivity (Wildman–Crippen MR) is 149 cm³/mol. The van der Waals surface area contributed by atoms with Crippen LogP contribution < -0.4 is 15.4 Å². The Kier molecular flexibility index (Phi) is 7.32. The fourth-order valence-corrected chi connectivity index (χ4v) is 4.52. The second kappa shape index (κ2) is 11.2. The molecule has 4 aromatic rings. The number of aromatic nitrogens is 1. The maximum Gasteiger partial charge on any atom is 0.337 e. The van der Waals surface area contributed by atoms with Crippen molar-refractivity contribution < 1.29 is 28.7 Å². The van der Waals surface area contributed by atoms with E-state index < -0.39 is 30.4 Å². The van der Waals surface area contributed by atoms with Gasteiger partial charge in [0.25, 0.3) is 5.91 Å². The number of carbonyl (C=O) groups is 4. The Labute approximate surface area is 229 Å².